The summed E-state index contributed by atoms with van der Waals surface area (Å²) in [5, 5.41) is 11.7. The molecule has 0 aromatic rings. The van der Waals surface area contributed by atoms with Gasteiger partial charge in [-0.25, -0.2) is 4.79 Å². The van der Waals surface area contributed by atoms with Gasteiger partial charge >= 0.3 is 12.0 Å². The van der Waals surface area contributed by atoms with E-state index in [-0.39, 0.29) is 12.5 Å². The van der Waals surface area contributed by atoms with Crippen LogP contribution < -0.4 is 5.32 Å². The molecule has 21 heavy (non-hydrogen) atoms. The molecule has 0 aliphatic carbocycles. The monoisotopic (exact) mass is 300 g/mol. The van der Waals surface area contributed by atoms with Gasteiger partial charge in [0.05, 0.1) is 24.3 Å². The molecule has 0 unspecified atom stereocenters. The number of rotatable bonds is 4. The van der Waals surface area contributed by atoms with Crippen molar-refractivity contribution in [3.8, 4) is 0 Å². The van der Waals surface area contributed by atoms with Crippen molar-refractivity contribution in [3.05, 3.63) is 0 Å². The van der Waals surface area contributed by atoms with E-state index in [0.717, 1.165) is 0 Å². The van der Waals surface area contributed by atoms with Crippen LogP contribution >= 0.6 is 0 Å². The first-order chi connectivity index (χ1) is 9.32. The van der Waals surface area contributed by atoms with E-state index >= 15 is 0 Å². The van der Waals surface area contributed by atoms with Crippen molar-refractivity contribution < 1.29 is 19.4 Å². The van der Waals surface area contributed by atoms with Gasteiger partial charge in [0.25, 0.3) is 0 Å². The highest BCUT2D eigenvalue weighted by atomic mass is 16.5. The number of morpholine rings is 1. The number of hydrogen-bond acceptors (Lipinski definition) is 3. The van der Waals surface area contributed by atoms with Crippen molar-refractivity contribution >= 4 is 12.0 Å². The van der Waals surface area contributed by atoms with Gasteiger partial charge in [0.1, 0.15) is 0 Å². The van der Waals surface area contributed by atoms with E-state index in [1.165, 1.54) is 0 Å². The minimum absolute atomic E-state index is 0.0351. The Balaban J connectivity index is 2.68. The molecule has 1 rings (SSSR count). The molecule has 0 radical (unpaired) electrons. The predicted octanol–water partition coefficient (Wildman–Crippen LogP) is 2.23. The molecule has 0 bridgehead atoms. The molecule has 6 nitrogen and oxygen atoms in total. The van der Waals surface area contributed by atoms with Crippen molar-refractivity contribution in [2.24, 2.45) is 0 Å². The third kappa shape index (κ3) is 5.91. The van der Waals surface area contributed by atoms with Crippen LogP contribution in [-0.4, -0.2) is 51.8 Å². The van der Waals surface area contributed by atoms with E-state index < -0.39 is 22.7 Å². The second-order valence-electron chi connectivity index (χ2n) is 7.69. The third-order valence-electron chi connectivity index (χ3n) is 3.39. The summed E-state index contributed by atoms with van der Waals surface area (Å²) < 4.78 is 5.95. The summed E-state index contributed by atoms with van der Waals surface area (Å²) in [5.74, 6) is -0.856. The number of ether oxygens (including phenoxy) is 1. The fourth-order valence-corrected chi connectivity index (χ4v) is 2.78. The molecule has 1 saturated heterocycles. The lowest BCUT2D eigenvalue weighted by molar-refractivity contribution is -0.170. The number of carbonyl (C=O) groups is 2. The quantitative estimate of drug-likeness (QED) is 0.834. The Kier molecular flexibility index (Phi) is 4.93. The van der Waals surface area contributed by atoms with Gasteiger partial charge in [0, 0.05) is 12.0 Å². The second kappa shape index (κ2) is 5.83. The van der Waals surface area contributed by atoms with Crippen LogP contribution in [0.5, 0.6) is 0 Å². The van der Waals surface area contributed by atoms with E-state index in [1.54, 1.807) is 4.90 Å². The number of urea groups is 1. The molecule has 1 aliphatic heterocycles. The summed E-state index contributed by atoms with van der Waals surface area (Å²) in [5.41, 5.74) is -1.35. The molecule has 1 fully saturated rings. The van der Waals surface area contributed by atoms with Crippen molar-refractivity contribution in [1.82, 2.24) is 10.2 Å². The van der Waals surface area contributed by atoms with Gasteiger partial charge in [-0.15, -0.1) is 0 Å². The standard InChI is InChI=1S/C15H28N2O4/c1-13(2,8-7-11(18)19)16-12(20)17-9-14(3,4)21-15(5,6)10-17/h7-10H2,1-6H3,(H,16,20)(H,18,19). The number of hydrogen-bond donors (Lipinski definition) is 2. The molecule has 0 saturated carbocycles. The molecule has 0 atom stereocenters. The number of carboxylic acid groups (broad SMARTS) is 1. The number of carbonyl (C=O) groups excluding carboxylic acids is 1. The molecule has 1 heterocycles. The van der Waals surface area contributed by atoms with Gasteiger partial charge < -0.3 is 20.1 Å². The number of amides is 2. The van der Waals surface area contributed by atoms with E-state index in [2.05, 4.69) is 5.32 Å². The number of nitrogens with zero attached hydrogens (tertiary/aromatic N) is 1. The van der Waals surface area contributed by atoms with Gasteiger partial charge in [-0.3, -0.25) is 4.79 Å². The lowest BCUT2D eigenvalue weighted by Gasteiger charge is -2.47. The molecular weight excluding hydrogens is 272 g/mol. The Bertz CT molecular complexity index is 400. The maximum Gasteiger partial charge on any atom is 0.318 e. The van der Waals surface area contributed by atoms with Gasteiger partial charge in [-0.2, -0.15) is 0 Å². The summed E-state index contributed by atoms with van der Waals surface area (Å²) in [7, 11) is 0. The average Bonchev–Trinajstić information content (AvgIpc) is 2.21. The Morgan fingerprint density at radius 3 is 2.10 bits per heavy atom. The van der Waals surface area contributed by atoms with E-state index in [1.807, 2.05) is 41.5 Å². The Hall–Kier alpha value is -1.30. The largest absolute Gasteiger partial charge is 0.481 e. The minimum Gasteiger partial charge on any atom is -0.481 e. The summed E-state index contributed by atoms with van der Waals surface area (Å²) in [4.78, 5) is 24.9. The summed E-state index contributed by atoms with van der Waals surface area (Å²) in [6.07, 6.45) is 0.429. The minimum atomic E-state index is -0.856. The van der Waals surface area contributed by atoms with Crippen molar-refractivity contribution in [3.63, 3.8) is 0 Å². The zero-order chi connectivity index (χ0) is 16.5. The van der Waals surface area contributed by atoms with Crippen LogP contribution in [0.15, 0.2) is 0 Å². The number of aliphatic carboxylic acids is 1. The van der Waals surface area contributed by atoms with Crippen molar-refractivity contribution in [2.45, 2.75) is 71.1 Å². The van der Waals surface area contributed by atoms with Crippen LogP contribution in [0.2, 0.25) is 0 Å². The van der Waals surface area contributed by atoms with Crippen LogP contribution in [0.1, 0.15) is 54.4 Å². The van der Waals surface area contributed by atoms with E-state index in [0.29, 0.717) is 19.5 Å². The molecular formula is C15H28N2O4. The van der Waals surface area contributed by atoms with Crippen LogP contribution in [0.3, 0.4) is 0 Å². The zero-order valence-electron chi connectivity index (χ0n) is 13.9. The normalized spacial score (nSPS) is 21.0. The first kappa shape index (κ1) is 17.8. The van der Waals surface area contributed by atoms with Gasteiger partial charge in [0.15, 0.2) is 0 Å². The smallest absolute Gasteiger partial charge is 0.318 e. The third-order valence-corrected chi connectivity index (χ3v) is 3.39. The second-order valence-corrected chi connectivity index (χ2v) is 7.69. The first-order valence-electron chi connectivity index (χ1n) is 7.31. The van der Waals surface area contributed by atoms with Gasteiger partial charge in [-0.05, 0) is 48.0 Å². The highest BCUT2D eigenvalue weighted by Gasteiger charge is 2.40. The number of carboxylic acids is 1. The lowest BCUT2D eigenvalue weighted by Crippen LogP contribution is -2.62. The predicted molar refractivity (Wildman–Crippen MR) is 80.3 cm³/mol. The Morgan fingerprint density at radius 2 is 1.67 bits per heavy atom. The van der Waals surface area contributed by atoms with Crippen LogP contribution in [0.4, 0.5) is 4.79 Å². The summed E-state index contributed by atoms with van der Waals surface area (Å²) in [6.45, 7) is 12.5. The molecule has 0 spiro atoms. The molecule has 2 amide bonds. The summed E-state index contributed by atoms with van der Waals surface area (Å²) in [6, 6.07) is -0.171. The fourth-order valence-electron chi connectivity index (χ4n) is 2.78. The van der Waals surface area contributed by atoms with Crippen LogP contribution in [0, 0.1) is 0 Å². The number of nitrogens with one attached hydrogen (secondary N) is 1. The van der Waals surface area contributed by atoms with E-state index in [4.69, 9.17) is 9.84 Å². The van der Waals surface area contributed by atoms with E-state index in [9.17, 15) is 9.59 Å². The molecule has 1 aliphatic rings. The molecule has 122 valence electrons. The van der Waals surface area contributed by atoms with Crippen LogP contribution in [0.25, 0.3) is 0 Å². The van der Waals surface area contributed by atoms with Crippen molar-refractivity contribution in [1.29, 1.82) is 0 Å². The lowest BCUT2D eigenvalue weighted by atomic mass is 9.97. The Morgan fingerprint density at radius 1 is 1.19 bits per heavy atom. The highest BCUT2D eigenvalue weighted by Crippen LogP contribution is 2.28. The molecule has 0 aromatic heterocycles. The first-order valence-corrected chi connectivity index (χ1v) is 7.31. The van der Waals surface area contributed by atoms with Crippen LogP contribution in [-0.2, 0) is 9.53 Å². The molecule has 6 heteroatoms. The van der Waals surface area contributed by atoms with Gasteiger partial charge in [0.2, 0.25) is 0 Å². The zero-order valence-corrected chi connectivity index (χ0v) is 13.9. The fraction of sp³-hybridized carbons (Fsp3) is 0.867. The highest BCUT2D eigenvalue weighted by molar-refractivity contribution is 5.75. The topological polar surface area (TPSA) is 78.9 Å². The maximum absolute atomic E-state index is 12.4. The SMILES string of the molecule is CC(C)(CCC(=O)O)NC(=O)N1CC(C)(C)OC(C)(C)C1. The Labute approximate surface area is 126 Å². The van der Waals surface area contributed by atoms with Crippen molar-refractivity contribution in [2.75, 3.05) is 13.1 Å². The molecule has 0 aromatic carbocycles. The van der Waals surface area contributed by atoms with Gasteiger partial charge in [-0.1, -0.05) is 0 Å². The average molecular weight is 300 g/mol. The maximum atomic E-state index is 12.4. The molecule has 2 N–H and O–H groups in total. The summed E-state index contributed by atoms with van der Waals surface area (Å²) >= 11 is 0.